The third kappa shape index (κ3) is 3.14. The third-order valence-electron chi connectivity index (χ3n) is 1.49. The van der Waals surface area contributed by atoms with Gasteiger partial charge in [-0.3, -0.25) is 4.98 Å². The van der Waals surface area contributed by atoms with Gasteiger partial charge in [0.2, 0.25) is 0 Å². The molecule has 0 bridgehead atoms. The Morgan fingerprint density at radius 2 is 2.14 bits per heavy atom. The average molecular weight is 266 g/mol. The van der Waals surface area contributed by atoms with Crippen molar-refractivity contribution in [2.45, 2.75) is 6.18 Å². The van der Waals surface area contributed by atoms with Crippen molar-refractivity contribution in [1.82, 2.24) is 4.98 Å². The number of nitrogens with zero attached hydrogens (tertiary/aromatic N) is 1. The summed E-state index contributed by atoms with van der Waals surface area (Å²) in [5.41, 5.74) is -0.374. The molecule has 1 aromatic rings. The fourth-order valence-corrected chi connectivity index (χ4v) is 1.07. The predicted molar refractivity (Wildman–Crippen MR) is 52.1 cm³/mol. The van der Waals surface area contributed by atoms with Crippen LogP contribution in [0, 0.1) is 0 Å². The van der Waals surface area contributed by atoms with Gasteiger partial charge in [0.05, 0.1) is 11.3 Å². The fourth-order valence-electron chi connectivity index (χ4n) is 0.881. The van der Waals surface area contributed by atoms with E-state index >= 15 is 0 Å². The molecule has 0 unspecified atom stereocenters. The number of rotatable bonds is 2. The van der Waals surface area contributed by atoms with Crippen LogP contribution in [-0.4, -0.2) is 10.3 Å². The third-order valence-corrected chi connectivity index (χ3v) is 1.86. The van der Waals surface area contributed by atoms with Gasteiger partial charge < -0.3 is 0 Å². The topological polar surface area (TPSA) is 12.9 Å². The van der Waals surface area contributed by atoms with E-state index in [2.05, 4.69) is 20.9 Å². The summed E-state index contributed by atoms with van der Waals surface area (Å²) >= 11 is 3.13. The van der Waals surface area contributed by atoms with E-state index in [-0.39, 0.29) is 0 Å². The van der Waals surface area contributed by atoms with Crippen molar-refractivity contribution in [3.63, 3.8) is 0 Å². The Hall–Kier alpha value is -0.840. The molecule has 0 fully saturated rings. The van der Waals surface area contributed by atoms with E-state index in [1.165, 1.54) is 6.08 Å². The molecule has 14 heavy (non-hydrogen) atoms. The molecule has 0 aliphatic carbocycles. The van der Waals surface area contributed by atoms with Crippen LogP contribution in [0.3, 0.4) is 0 Å². The first-order valence-electron chi connectivity index (χ1n) is 3.80. The molecule has 0 radical (unpaired) electrons. The summed E-state index contributed by atoms with van der Waals surface area (Å²) in [6, 6.07) is 1.96. The molecule has 0 saturated carbocycles. The number of halogens is 4. The molecule has 0 amide bonds. The van der Waals surface area contributed by atoms with Gasteiger partial charge in [0.25, 0.3) is 0 Å². The number of aromatic nitrogens is 1. The zero-order valence-corrected chi connectivity index (χ0v) is 8.64. The molecular formula is C9H7BrF3N. The van der Waals surface area contributed by atoms with E-state index in [4.69, 9.17) is 0 Å². The minimum Gasteiger partial charge on any atom is -0.257 e. The van der Waals surface area contributed by atoms with Crippen molar-refractivity contribution in [2.75, 3.05) is 5.33 Å². The van der Waals surface area contributed by atoms with Gasteiger partial charge in [-0.25, -0.2) is 0 Å². The molecule has 1 nitrogen and oxygen atoms in total. The predicted octanol–water partition coefficient (Wildman–Crippen LogP) is 3.51. The first kappa shape index (κ1) is 11.2. The van der Waals surface area contributed by atoms with Gasteiger partial charge in [-0.05, 0) is 18.2 Å². The summed E-state index contributed by atoms with van der Waals surface area (Å²) in [6.07, 6.45) is 0.0587. The normalized spacial score (nSPS) is 12.3. The lowest BCUT2D eigenvalue weighted by Crippen LogP contribution is -2.05. The zero-order chi connectivity index (χ0) is 10.6. The van der Waals surface area contributed by atoms with Crippen LogP contribution >= 0.6 is 15.9 Å². The van der Waals surface area contributed by atoms with Crippen LogP contribution in [0.25, 0.3) is 6.08 Å². The Balaban J connectivity index is 2.96. The van der Waals surface area contributed by atoms with Gasteiger partial charge in [-0.15, -0.1) is 0 Å². The molecule has 1 rings (SSSR count). The van der Waals surface area contributed by atoms with Crippen molar-refractivity contribution < 1.29 is 13.2 Å². The SMILES string of the molecule is FC(F)(F)c1ccnc(C=CCBr)c1. The molecule has 76 valence electrons. The van der Waals surface area contributed by atoms with Crippen molar-refractivity contribution in [3.8, 4) is 0 Å². The molecular weight excluding hydrogens is 259 g/mol. The first-order valence-corrected chi connectivity index (χ1v) is 4.92. The lowest BCUT2D eigenvalue weighted by Gasteiger charge is -2.05. The summed E-state index contributed by atoms with van der Waals surface area (Å²) in [5.74, 6) is 0. The van der Waals surface area contributed by atoms with Gasteiger partial charge >= 0.3 is 6.18 Å². The molecule has 0 aliphatic heterocycles. The van der Waals surface area contributed by atoms with Crippen LogP contribution in [0.5, 0.6) is 0 Å². The largest absolute Gasteiger partial charge is 0.416 e. The second-order valence-electron chi connectivity index (χ2n) is 2.52. The Morgan fingerprint density at radius 3 is 2.71 bits per heavy atom. The summed E-state index contributed by atoms with van der Waals surface area (Å²) in [6.45, 7) is 0. The van der Waals surface area contributed by atoms with E-state index in [9.17, 15) is 13.2 Å². The number of allylic oxidation sites excluding steroid dienone is 1. The monoisotopic (exact) mass is 265 g/mol. The number of hydrogen-bond acceptors (Lipinski definition) is 1. The number of hydrogen-bond donors (Lipinski definition) is 0. The van der Waals surface area contributed by atoms with Crippen LogP contribution < -0.4 is 0 Å². The fraction of sp³-hybridized carbons (Fsp3) is 0.222. The highest BCUT2D eigenvalue weighted by atomic mass is 79.9. The highest BCUT2D eigenvalue weighted by Gasteiger charge is 2.30. The summed E-state index contributed by atoms with van der Waals surface area (Å²) < 4.78 is 36.7. The molecule has 0 aromatic carbocycles. The van der Waals surface area contributed by atoms with Gasteiger partial charge in [0, 0.05) is 11.5 Å². The quantitative estimate of drug-likeness (QED) is 0.746. The molecule has 0 atom stereocenters. The number of alkyl halides is 4. The van der Waals surface area contributed by atoms with Crippen molar-refractivity contribution in [3.05, 3.63) is 35.7 Å². The Morgan fingerprint density at radius 1 is 1.43 bits per heavy atom. The summed E-state index contributed by atoms with van der Waals surface area (Å²) in [4.78, 5) is 3.78. The van der Waals surface area contributed by atoms with Crippen LogP contribution in [0.15, 0.2) is 24.4 Å². The molecule has 0 aliphatic rings. The van der Waals surface area contributed by atoms with E-state index in [0.29, 0.717) is 11.0 Å². The maximum atomic E-state index is 12.2. The van der Waals surface area contributed by atoms with Crippen molar-refractivity contribution in [2.24, 2.45) is 0 Å². The standard InChI is InChI=1S/C9H7BrF3N/c10-4-1-2-8-6-7(3-5-14-8)9(11,12)13/h1-3,5-6H,4H2. The molecule has 1 aromatic heterocycles. The Bertz CT molecular complexity index is 333. The van der Waals surface area contributed by atoms with Crippen LogP contribution in [0.1, 0.15) is 11.3 Å². The van der Waals surface area contributed by atoms with Gasteiger partial charge in [-0.1, -0.05) is 22.0 Å². The van der Waals surface area contributed by atoms with E-state index in [1.54, 1.807) is 6.08 Å². The second-order valence-corrected chi connectivity index (χ2v) is 3.17. The average Bonchev–Trinajstić information content (AvgIpc) is 2.14. The molecule has 5 heteroatoms. The lowest BCUT2D eigenvalue weighted by atomic mass is 10.2. The maximum Gasteiger partial charge on any atom is 0.416 e. The van der Waals surface area contributed by atoms with Gasteiger partial charge in [0.1, 0.15) is 0 Å². The maximum absolute atomic E-state index is 12.2. The van der Waals surface area contributed by atoms with Crippen LogP contribution in [0.4, 0.5) is 13.2 Å². The van der Waals surface area contributed by atoms with E-state index in [0.717, 1.165) is 18.3 Å². The molecule has 0 saturated heterocycles. The first-order chi connectivity index (χ1) is 6.54. The minimum atomic E-state index is -4.31. The minimum absolute atomic E-state index is 0.305. The summed E-state index contributed by atoms with van der Waals surface area (Å²) in [7, 11) is 0. The van der Waals surface area contributed by atoms with E-state index < -0.39 is 11.7 Å². The second kappa shape index (κ2) is 4.59. The Labute approximate surface area is 87.8 Å². The zero-order valence-electron chi connectivity index (χ0n) is 7.05. The lowest BCUT2D eigenvalue weighted by molar-refractivity contribution is -0.137. The summed E-state index contributed by atoms with van der Waals surface area (Å²) in [5, 5.41) is 0.588. The van der Waals surface area contributed by atoms with Crippen molar-refractivity contribution >= 4 is 22.0 Å². The van der Waals surface area contributed by atoms with Gasteiger partial charge in [-0.2, -0.15) is 13.2 Å². The highest BCUT2D eigenvalue weighted by molar-refractivity contribution is 9.09. The smallest absolute Gasteiger partial charge is 0.257 e. The van der Waals surface area contributed by atoms with Crippen molar-refractivity contribution in [1.29, 1.82) is 0 Å². The van der Waals surface area contributed by atoms with Gasteiger partial charge in [0.15, 0.2) is 0 Å². The highest BCUT2D eigenvalue weighted by Crippen LogP contribution is 2.29. The van der Waals surface area contributed by atoms with Crippen LogP contribution in [-0.2, 0) is 6.18 Å². The van der Waals surface area contributed by atoms with E-state index in [1.807, 2.05) is 0 Å². The molecule has 1 heterocycles. The molecule has 0 N–H and O–H groups in total. The molecule has 0 spiro atoms. The Kier molecular flexibility index (Phi) is 3.69. The van der Waals surface area contributed by atoms with Crippen LogP contribution in [0.2, 0.25) is 0 Å². The number of pyridine rings is 1.